The summed E-state index contributed by atoms with van der Waals surface area (Å²) in [5, 5.41) is 5.75. The molecule has 0 bridgehead atoms. The van der Waals surface area contributed by atoms with Crippen LogP contribution in [-0.4, -0.2) is 29.7 Å². The monoisotopic (exact) mass is 426 g/mol. The molecule has 2 aromatic rings. The topological polar surface area (TPSA) is 76.7 Å². The van der Waals surface area contributed by atoms with Crippen molar-refractivity contribution in [2.45, 2.75) is 45.1 Å². The Morgan fingerprint density at radius 3 is 2.23 bits per heavy atom. The van der Waals surface area contributed by atoms with Crippen molar-refractivity contribution in [3.63, 3.8) is 0 Å². The lowest BCUT2D eigenvalue weighted by Gasteiger charge is -2.21. The van der Waals surface area contributed by atoms with Crippen LogP contribution in [-0.2, 0) is 4.74 Å². The average Bonchev–Trinajstić information content (AvgIpc) is 2.75. The first-order chi connectivity index (χ1) is 14.5. The highest BCUT2D eigenvalue weighted by atomic mass is 32.1. The van der Waals surface area contributed by atoms with E-state index in [1.165, 1.54) is 6.42 Å². The minimum absolute atomic E-state index is 0.0226. The Morgan fingerprint density at radius 1 is 0.967 bits per heavy atom. The molecule has 1 aliphatic carbocycles. The first kappa shape index (κ1) is 21.8. The van der Waals surface area contributed by atoms with Crippen molar-refractivity contribution in [2.24, 2.45) is 0 Å². The van der Waals surface area contributed by atoms with Crippen molar-refractivity contribution in [1.82, 2.24) is 5.32 Å². The number of ether oxygens (including phenoxy) is 2. The molecule has 0 unspecified atom stereocenters. The molecule has 0 atom stereocenters. The molecule has 0 heterocycles. The van der Waals surface area contributed by atoms with E-state index in [0.717, 1.165) is 25.7 Å². The number of thiocarbonyl (C=S) groups is 1. The lowest BCUT2D eigenvalue weighted by molar-refractivity contribution is 0.0211. The second-order valence-corrected chi connectivity index (χ2v) is 7.52. The molecule has 0 aliphatic heterocycles. The third-order valence-corrected chi connectivity index (χ3v) is 5.06. The molecule has 1 aliphatic rings. The highest BCUT2D eigenvalue weighted by Crippen LogP contribution is 2.22. The number of nitrogens with one attached hydrogen (secondary N) is 2. The summed E-state index contributed by atoms with van der Waals surface area (Å²) in [6.45, 7) is 2.47. The van der Waals surface area contributed by atoms with Crippen LogP contribution in [0.3, 0.4) is 0 Å². The number of esters is 1. The molecule has 2 aromatic carbocycles. The Balaban J connectivity index is 1.50. The Kier molecular flexibility index (Phi) is 7.79. The van der Waals surface area contributed by atoms with E-state index >= 15 is 0 Å². The van der Waals surface area contributed by atoms with E-state index in [-0.39, 0.29) is 23.1 Å². The highest BCUT2D eigenvalue weighted by molar-refractivity contribution is 7.80. The van der Waals surface area contributed by atoms with Crippen molar-refractivity contribution in [2.75, 3.05) is 11.9 Å². The summed E-state index contributed by atoms with van der Waals surface area (Å²) < 4.78 is 10.9. The molecule has 3 rings (SSSR count). The molecule has 0 radical (unpaired) electrons. The number of carbonyl (C=O) groups excluding carboxylic acids is 2. The molecule has 1 fully saturated rings. The fourth-order valence-corrected chi connectivity index (χ4v) is 3.51. The largest absolute Gasteiger partial charge is 0.494 e. The van der Waals surface area contributed by atoms with Gasteiger partial charge in [-0.2, -0.15) is 0 Å². The normalized spacial score (nSPS) is 13.9. The molecule has 0 aromatic heterocycles. The zero-order valence-electron chi connectivity index (χ0n) is 17.0. The molecule has 1 saturated carbocycles. The molecule has 0 spiro atoms. The molecule has 30 heavy (non-hydrogen) atoms. The fraction of sp³-hybridized carbons (Fsp3) is 0.348. The van der Waals surface area contributed by atoms with Crippen molar-refractivity contribution in [1.29, 1.82) is 0 Å². The zero-order valence-corrected chi connectivity index (χ0v) is 17.8. The molecular weight excluding hydrogens is 400 g/mol. The molecule has 2 N–H and O–H groups in total. The average molecular weight is 427 g/mol. The van der Waals surface area contributed by atoms with E-state index in [1.54, 1.807) is 48.5 Å². The number of anilines is 1. The quantitative estimate of drug-likeness (QED) is 0.515. The summed E-state index contributed by atoms with van der Waals surface area (Å²) in [4.78, 5) is 24.6. The standard InChI is InChI=1S/C23H26N2O4S/c1-2-28-19-14-10-16(11-15-19)21(26)25-23(30)24-18-12-8-17(9-13-18)22(27)29-20-6-4-3-5-7-20/h8-15,20H,2-7H2,1H3,(H2,24,25,26,30). The third kappa shape index (κ3) is 6.29. The maximum absolute atomic E-state index is 12.3. The smallest absolute Gasteiger partial charge is 0.338 e. The Bertz CT molecular complexity index is 875. The fourth-order valence-electron chi connectivity index (χ4n) is 3.30. The second-order valence-electron chi connectivity index (χ2n) is 7.11. The van der Waals surface area contributed by atoms with Gasteiger partial charge in [-0.05, 0) is 93.4 Å². The van der Waals surface area contributed by atoms with Gasteiger partial charge < -0.3 is 14.8 Å². The predicted molar refractivity (Wildman–Crippen MR) is 120 cm³/mol. The number of hydrogen-bond acceptors (Lipinski definition) is 5. The van der Waals surface area contributed by atoms with E-state index < -0.39 is 0 Å². The summed E-state index contributed by atoms with van der Waals surface area (Å²) in [5.41, 5.74) is 1.64. The highest BCUT2D eigenvalue weighted by Gasteiger charge is 2.18. The van der Waals surface area contributed by atoms with Gasteiger partial charge in [-0.1, -0.05) is 6.42 Å². The maximum atomic E-state index is 12.3. The second kappa shape index (κ2) is 10.7. The molecule has 7 heteroatoms. The minimum Gasteiger partial charge on any atom is -0.494 e. The summed E-state index contributed by atoms with van der Waals surface area (Å²) in [5.74, 6) is 0.0833. The van der Waals surface area contributed by atoms with Gasteiger partial charge in [-0.3, -0.25) is 10.1 Å². The summed E-state index contributed by atoms with van der Waals surface area (Å²) in [6.07, 6.45) is 5.33. The Morgan fingerprint density at radius 2 is 1.60 bits per heavy atom. The zero-order chi connectivity index (χ0) is 21.3. The van der Waals surface area contributed by atoms with E-state index in [0.29, 0.717) is 29.2 Å². The molecule has 6 nitrogen and oxygen atoms in total. The Hall–Kier alpha value is -2.93. The van der Waals surface area contributed by atoms with Crippen LogP contribution in [0.2, 0.25) is 0 Å². The van der Waals surface area contributed by atoms with Crippen LogP contribution < -0.4 is 15.4 Å². The van der Waals surface area contributed by atoms with Gasteiger partial charge >= 0.3 is 5.97 Å². The van der Waals surface area contributed by atoms with Crippen LogP contribution in [0.15, 0.2) is 48.5 Å². The SMILES string of the molecule is CCOc1ccc(C(=O)NC(=S)Nc2ccc(C(=O)OC3CCCCC3)cc2)cc1. The van der Waals surface area contributed by atoms with Gasteiger partial charge in [0.25, 0.3) is 5.91 Å². The van der Waals surface area contributed by atoms with Crippen LogP contribution in [0.5, 0.6) is 5.75 Å². The third-order valence-electron chi connectivity index (χ3n) is 4.86. The van der Waals surface area contributed by atoms with Crippen molar-refractivity contribution < 1.29 is 19.1 Å². The molecule has 1 amide bonds. The van der Waals surface area contributed by atoms with Crippen molar-refractivity contribution in [3.8, 4) is 5.75 Å². The molecule has 0 saturated heterocycles. The first-order valence-corrected chi connectivity index (χ1v) is 10.6. The number of amides is 1. The summed E-state index contributed by atoms with van der Waals surface area (Å²) in [7, 11) is 0. The van der Waals surface area contributed by atoms with Gasteiger partial charge in [0.05, 0.1) is 12.2 Å². The number of carbonyl (C=O) groups is 2. The van der Waals surface area contributed by atoms with Crippen LogP contribution >= 0.6 is 12.2 Å². The lowest BCUT2D eigenvalue weighted by Crippen LogP contribution is -2.34. The number of rotatable bonds is 6. The predicted octanol–water partition coefficient (Wildman–Crippen LogP) is 4.70. The van der Waals surface area contributed by atoms with Gasteiger partial charge in [-0.15, -0.1) is 0 Å². The van der Waals surface area contributed by atoms with E-state index in [1.807, 2.05) is 6.92 Å². The van der Waals surface area contributed by atoms with Crippen LogP contribution in [0, 0.1) is 0 Å². The summed E-state index contributed by atoms with van der Waals surface area (Å²) in [6, 6.07) is 13.7. The minimum atomic E-state index is -0.316. The van der Waals surface area contributed by atoms with E-state index in [2.05, 4.69) is 10.6 Å². The lowest BCUT2D eigenvalue weighted by atomic mass is 9.98. The molecular formula is C23H26N2O4S. The van der Waals surface area contributed by atoms with E-state index in [9.17, 15) is 9.59 Å². The van der Waals surface area contributed by atoms with Crippen molar-refractivity contribution >= 4 is 34.9 Å². The number of hydrogen-bond donors (Lipinski definition) is 2. The Labute approximate surface area is 182 Å². The number of benzene rings is 2. The van der Waals surface area contributed by atoms with Crippen LogP contribution in [0.4, 0.5) is 5.69 Å². The van der Waals surface area contributed by atoms with Gasteiger partial charge in [0.2, 0.25) is 0 Å². The van der Waals surface area contributed by atoms with E-state index in [4.69, 9.17) is 21.7 Å². The summed E-state index contributed by atoms with van der Waals surface area (Å²) >= 11 is 5.21. The first-order valence-electron chi connectivity index (χ1n) is 10.2. The van der Waals surface area contributed by atoms with Gasteiger partial charge in [0.15, 0.2) is 5.11 Å². The van der Waals surface area contributed by atoms with Gasteiger partial charge in [0.1, 0.15) is 11.9 Å². The van der Waals surface area contributed by atoms with Gasteiger partial charge in [-0.25, -0.2) is 4.79 Å². The van der Waals surface area contributed by atoms with Gasteiger partial charge in [0, 0.05) is 11.3 Å². The van der Waals surface area contributed by atoms with Crippen LogP contribution in [0.1, 0.15) is 59.7 Å². The maximum Gasteiger partial charge on any atom is 0.338 e. The molecule has 158 valence electrons. The van der Waals surface area contributed by atoms with Crippen molar-refractivity contribution in [3.05, 3.63) is 59.7 Å². The van der Waals surface area contributed by atoms with Crippen LogP contribution in [0.25, 0.3) is 0 Å².